The summed E-state index contributed by atoms with van der Waals surface area (Å²) in [5, 5.41) is 23.6. The maximum atomic E-state index is 12.7. The van der Waals surface area contributed by atoms with E-state index in [0.717, 1.165) is 40.2 Å². The fraction of sp³-hybridized carbons (Fsp3) is 0.346. The number of nitrogens with zero attached hydrogens (tertiary/aromatic N) is 4. The molecule has 164 valence electrons. The van der Waals surface area contributed by atoms with Gasteiger partial charge in [0.05, 0.1) is 29.1 Å². The van der Waals surface area contributed by atoms with E-state index in [1.165, 1.54) is 0 Å². The lowest BCUT2D eigenvalue weighted by Crippen LogP contribution is -2.40. The minimum Gasteiger partial charge on any atom is -0.393 e. The van der Waals surface area contributed by atoms with Crippen molar-refractivity contribution in [2.24, 2.45) is 0 Å². The molecule has 0 atom stereocenters. The minimum absolute atomic E-state index is 0.0276. The zero-order chi connectivity index (χ0) is 22.8. The molecule has 0 unspecified atom stereocenters. The second-order valence-corrected chi connectivity index (χ2v) is 8.57. The number of amides is 1. The Morgan fingerprint density at radius 1 is 1.12 bits per heavy atom. The second kappa shape index (κ2) is 8.97. The molecule has 1 saturated heterocycles. The highest BCUT2D eigenvalue weighted by Gasteiger charge is 2.22. The number of hydrogen-bond donors (Lipinski definition) is 1. The maximum absolute atomic E-state index is 12.7. The van der Waals surface area contributed by atoms with Crippen molar-refractivity contribution in [3.05, 3.63) is 81.7 Å². The molecule has 2 aromatic carbocycles. The van der Waals surface area contributed by atoms with Crippen LogP contribution in [0.25, 0.3) is 5.69 Å². The summed E-state index contributed by atoms with van der Waals surface area (Å²) < 4.78 is 1.93. The zero-order valence-electron chi connectivity index (χ0n) is 18.8. The minimum atomic E-state index is -0.290. The van der Waals surface area contributed by atoms with E-state index in [-0.39, 0.29) is 12.0 Å². The van der Waals surface area contributed by atoms with E-state index in [1.807, 2.05) is 65.9 Å². The predicted octanol–water partition coefficient (Wildman–Crippen LogP) is 3.86. The van der Waals surface area contributed by atoms with Gasteiger partial charge in [-0.3, -0.25) is 4.79 Å². The van der Waals surface area contributed by atoms with Crippen LogP contribution in [0.5, 0.6) is 0 Å². The van der Waals surface area contributed by atoms with Crippen LogP contribution < -0.4 is 0 Å². The van der Waals surface area contributed by atoms with Crippen LogP contribution in [0.2, 0.25) is 0 Å². The molecule has 1 fully saturated rings. The molecule has 6 heteroatoms. The summed E-state index contributed by atoms with van der Waals surface area (Å²) in [7, 11) is 0. The molecule has 4 rings (SSSR count). The van der Waals surface area contributed by atoms with E-state index in [4.69, 9.17) is 5.10 Å². The van der Waals surface area contributed by atoms with E-state index in [0.29, 0.717) is 37.1 Å². The molecule has 32 heavy (non-hydrogen) atoms. The molecule has 1 aromatic heterocycles. The van der Waals surface area contributed by atoms with Crippen molar-refractivity contribution in [3.63, 3.8) is 0 Å². The predicted molar refractivity (Wildman–Crippen MR) is 123 cm³/mol. The van der Waals surface area contributed by atoms with Gasteiger partial charge in [0, 0.05) is 36.3 Å². The van der Waals surface area contributed by atoms with Crippen LogP contribution in [0.1, 0.15) is 56.8 Å². The molecule has 1 aliphatic rings. The fourth-order valence-electron chi connectivity index (χ4n) is 4.31. The van der Waals surface area contributed by atoms with Gasteiger partial charge in [0.15, 0.2) is 0 Å². The van der Waals surface area contributed by atoms with Gasteiger partial charge in [-0.25, -0.2) is 4.68 Å². The topological polar surface area (TPSA) is 82.2 Å². The Hall–Kier alpha value is -3.43. The van der Waals surface area contributed by atoms with Crippen LogP contribution in [-0.2, 0) is 6.42 Å². The number of aryl methyl sites for hydroxylation is 2. The first-order chi connectivity index (χ1) is 15.4. The third kappa shape index (κ3) is 4.30. The summed E-state index contributed by atoms with van der Waals surface area (Å²) in [4.78, 5) is 14.5. The molecule has 1 amide bonds. The molecule has 0 saturated carbocycles. The standard InChI is InChI=1S/C26H28N4O2/c1-17-14-23(9-8-22(17)16-27)30-19(3)25(18(2)28-30)15-20-4-6-21(7-5-20)26(32)29-12-10-24(31)11-13-29/h4-9,14,24,31H,10-13,15H2,1-3H3. The average Bonchev–Trinajstić information content (AvgIpc) is 3.08. The van der Waals surface area contributed by atoms with Gasteiger partial charge in [-0.2, -0.15) is 10.4 Å². The number of carbonyl (C=O) groups is 1. The van der Waals surface area contributed by atoms with Gasteiger partial charge in [-0.15, -0.1) is 0 Å². The second-order valence-electron chi connectivity index (χ2n) is 8.57. The van der Waals surface area contributed by atoms with E-state index >= 15 is 0 Å². The molecule has 0 aliphatic carbocycles. The quantitative estimate of drug-likeness (QED) is 0.684. The van der Waals surface area contributed by atoms with E-state index in [9.17, 15) is 15.2 Å². The first-order valence-corrected chi connectivity index (χ1v) is 11.0. The van der Waals surface area contributed by atoms with E-state index in [2.05, 4.69) is 13.0 Å². The van der Waals surface area contributed by atoms with Crippen LogP contribution in [0.4, 0.5) is 0 Å². The molecule has 0 bridgehead atoms. The number of rotatable bonds is 4. The molecule has 2 heterocycles. The molecule has 1 N–H and O–H groups in total. The summed E-state index contributed by atoms with van der Waals surface area (Å²) in [5.74, 6) is 0.0276. The number of likely N-dealkylation sites (tertiary alicyclic amines) is 1. The Balaban J connectivity index is 1.52. The highest BCUT2D eigenvalue weighted by molar-refractivity contribution is 5.94. The van der Waals surface area contributed by atoms with Crippen molar-refractivity contribution in [1.29, 1.82) is 5.26 Å². The summed E-state index contributed by atoms with van der Waals surface area (Å²) in [6.07, 6.45) is 1.73. The van der Waals surface area contributed by atoms with Gasteiger partial charge >= 0.3 is 0 Å². The number of nitriles is 1. The molecule has 0 radical (unpaired) electrons. The Labute approximate surface area is 188 Å². The van der Waals surface area contributed by atoms with Gasteiger partial charge in [0.2, 0.25) is 0 Å². The lowest BCUT2D eigenvalue weighted by atomic mass is 10.0. The van der Waals surface area contributed by atoms with Gasteiger partial charge in [0.25, 0.3) is 5.91 Å². The smallest absolute Gasteiger partial charge is 0.253 e. The SMILES string of the molecule is Cc1cc(-n2nc(C)c(Cc3ccc(C(=O)N4CCC(O)CC4)cc3)c2C)ccc1C#N. The number of aromatic nitrogens is 2. The van der Waals surface area contributed by atoms with Gasteiger partial charge < -0.3 is 10.0 Å². The monoisotopic (exact) mass is 428 g/mol. The van der Waals surface area contributed by atoms with E-state index in [1.54, 1.807) is 0 Å². The van der Waals surface area contributed by atoms with Crippen LogP contribution in [0, 0.1) is 32.1 Å². The molecule has 3 aromatic rings. The number of benzene rings is 2. The van der Waals surface area contributed by atoms with Crippen LogP contribution >= 0.6 is 0 Å². The Morgan fingerprint density at radius 3 is 2.44 bits per heavy atom. The molecular weight excluding hydrogens is 400 g/mol. The summed E-state index contributed by atoms with van der Waals surface area (Å²) in [6.45, 7) is 7.22. The van der Waals surface area contributed by atoms with Gasteiger partial charge in [-0.1, -0.05) is 12.1 Å². The first-order valence-electron chi connectivity index (χ1n) is 11.0. The Kier molecular flexibility index (Phi) is 6.11. The van der Waals surface area contributed by atoms with Crippen LogP contribution in [-0.4, -0.2) is 44.9 Å². The summed E-state index contributed by atoms with van der Waals surface area (Å²) in [6, 6.07) is 15.7. The molecule has 0 spiro atoms. The van der Waals surface area contributed by atoms with Crippen molar-refractivity contribution < 1.29 is 9.90 Å². The third-order valence-corrected chi connectivity index (χ3v) is 6.35. The molecule has 1 aliphatic heterocycles. The number of carbonyl (C=O) groups excluding carboxylic acids is 1. The van der Waals surface area contributed by atoms with Crippen molar-refractivity contribution in [2.75, 3.05) is 13.1 Å². The number of hydrogen-bond acceptors (Lipinski definition) is 4. The van der Waals surface area contributed by atoms with Crippen molar-refractivity contribution >= 4 is 5.91 Å². The Bertz CT molecular complexity index is 1180. The van der Waals surface area contributed by atoms with Gasteiger partial charge in [-0.05, 0) is 75.1 Å². The highest BCUT2D eigenvalue weighted by Crippen LogP contribution is 2.23. The highest BCUT2D eigenvalue weighted by atomic mass is 16.3. The van der Waals surface area contributed by atoms with Crippen LogP contribution in [0.15, 0.2) is 42.5 Å². The maximum Gasteiger partial charge on any atom is 0.253 e. The number of aliphatic hydroxyl groups is 1. The first kappa shape index (κ1) is 21.8. The molecule has 6 nitrogen and oxygen atoms in total. The van der Waals surface area contributed by atoms with Gasteiger partial charge in [0.1, 0.15) is 0 Å². The molecular formula is C26H28N4O2. The average molecular weight is 429 g/mol. The Morgan fingerprint density at radius 2 is 1.81 bits per heavy atom. The lowest BCUT2D eigenvalue weighted by Gasteiger charge is -2.29. The number of aliphatic hydroxyl groups excluding tert-OH is 1. The normalized spacial score (nSPS) is 14.4. The lowest BCUT2D eigenvalue weighted by molar-refractivity contribution is 0.0546. The van der Waals surface area contributed by atoms with Crippen molar-refractivity contribution in [2.45, 2.75) is 46.1 Å². The summed E-state index contributed by atoms with van der Waals surface area (Å²) >= 11 is 0. The fourth-order valence-corrected chi connectivity index (χ4v) is 4.31. The van der Waals surface area contributed by atoms with Crippen LogP contribution in [0.3, 0.4) is 0 Å². The van der Waals surface area contributed by atoms with Crippen molar-refractivity contribution in [1.82, 2.24) is 14.7 Å². The zero-order valence-corrected chi connectivity index (χ0v) is 18.8. The largest absolute Gasteiger partial charge is 0.393 e. The van der Waals surface area contributed by atoms with Crippen molar-refractivity contribution in [3.8, 4) is 11.8 Å². The van der Waals surface area contributed by atoms with E-state index < -0.39 is 0 Å². The summed E-state index contributed by atoms with van der Waals surface area (Å²) in [5.41, 5.74) is 7.56. The third-order valence-electron chi connectivity index (χ3n) is 6.35. The number of piperidine rings is 1.